The van der Waals surface area contributed by atoms with Gasteiger partial charge in [0.2, 0.25) is 16.4 Å². The van der Waals surface area contributed by atoms with Crippen LogP contribution in [0.25, 0.3) is 21.5 Å². The third-order valence-corrected chi connectivity index (χ3v) is 5.27. The molecule has 0 unspecified atom stereocenters. The van der Waals surface area contributed by atoms with Gasteiger partial charge in [0.15, 0.2) is 11.2 Å². The molecule has 0 amide bonds. The van der Waals surface area contributed by atoms with E-state index in [4.69, 9.17) is 4.42 Å². The number of aryl methyl sites for hydroxylation is 3. The van der Waals surface area contributed by atoms with Crippen molar-refractivity contribution in [2.75, 3.05) is 5.32 Å². The van der Waals surface area contributed by atoms with E-state index in [1.165, 1.54) is 11.3 Å². The first kappa shape index (κ1) is 18.3. The minimum Gasteiger partial charge on any atom is -0.415 e. The molecule has 0 saturated carbocycles. The summed E-state index contributed by atoms with van der Waals surface area (Å²) in [6, 6.07) is 7.83. The number of anilines is 2. The van der Waals surface area contributed by atoms with E-state index < -0.39 is 5.63 Å². The molecule has 8 heteroatoms. The molecule has 142 valence electrons. The van der Waals surface area contributed by atoms with E-state index in [1.54, 1.807) is 12.3 Å². The second-order valence-corrected chi connectivity index (χ2v) is 7.68. The van der Waals surface area contributed by atoms with Gasteiger partial charge in [0.25, 0.3) is 0 Å². The molecule has 0 aliphatic heterocycles. The van der Waals surface area contributed by atoms with Gasteiger partial charge in [-0.15, -0.1) is 10.2 Å². The minimum atomic E-state index is -0.492. The average Bonchev–Trinajstić information content (AvgIpc) is 3.09. The predicted molar refractivity (Wildman–Crippen MR) is 108 cm³/mol. The highest BCUT2D eigenvalue weighted by Crippen LogP contribution is 2.29. The lowest BCUT2D eigenvalue weighted by Gasteiger charge is -2.05. The van der Waals surface area contributed by atoms with Crippen LogP contribution in [0.2, 0.25) is 0 Å². The highest BCUT2D eigenvalue weighted by atomic mass is 32.1. The zero-order chi connectivity index (χ0) is 19.8. The fourth-order valence-electron chi connectivity index (χ4n) is 3.16. The summed E-state index contributed by atoms with van der Waals surface area (Å²) in [5.74, 6) is 0. The predicted octanol–water partition coefficient (Wildman–Crippen LogP) is 3.29. The number of aromatic amines is 1. The number of aromatic nitrogens is 3. The molecule has 0 saturated heterocycles. The van der Waals surface area contributed by atoms with E-state index in [2.05, 4.69) is 26.6 Å². The molecule has 0 fully saturated rings. The van der Waals surface area contributed by atoms with Crippen molar-refractivity contribution in [2.45, 2.75) is 27.4 Å². The number of H-pyrrole nitrogens is 1. The van der Waals surface area contributed by atoms with E-state index in [9.17, 15) is 9.90 Å². The van der Waals surface area contributed by atoms with Crippen molar-refractivity contribution >= 4 is 33.1 Å². The average molecular weight is 395 g/mol. The van der Waals surface area contributed by atoms with E-state index in [1.807, 2.05) is 32.9 Å². The van der Waals surface area contributed by atoms with Gasteiger partial charge < -0.3 is 14.8 Å². The number of rotatable bonds is 4. The quantitative estimate of drug-likeness (QED) is 0.550. The first-order valence-corrected chi connectivity index (χ1v) is 9.54. The molecule has 4 aromatic rings. The number of benzene rings is 1. The van der Waals surface area contributed by atoms with Crippen LogP contribution < -0.4 is 15.9 Å². The number of nitrogens with one attached hydrogen (secondary N) is 2. The van der Waals surface area contributed by atoms with Gasteiger partial charge in [0, 0.05) is 18.0 Å². The van der Waals surface area contributed by atoms with E-state index in [0.717, 1.165) is 16.8 Å². The summed E-state index contributed by atoms with van der Waals surface area (Å²) in [7, 11) is 0. The van der Waals surface area contributed by atoms with Crippen LogP contribution in [-0.2, 0) is 6.61 Å². The zero-order valence-electron chi connectivity index (χ0n) is 15.7. The lowest BCUT2D eigenvalue weighted by Crippen LogP contribution is -2.12. The smallest absolute Gasteiger partial charge is 0.346 e. The van der Waals surface area contributed by atoms with Gasteiger partial charge in [0.1, 0.15) is 0 Å². The molecular formula is C20H19N4O3S+. The second kappa shape index (κ2) is 7.14. The third-order valence-electron chi connectivity index (χ3n) is 4.40. The van der Waals surface area contributed by atoms with Crippen molar-refractivity contribution in [1.29, 1.82) is 0 Å². The Balaban J connectivity index is 1.75. The molecule has 0 aliphatic carbocycles. The van der Waals surface area contributed by atoms with Crippen molar-refractivity contribution in [3.05, 3.63) is 63.3 Å². The van der Waals surface area contributed by atoms with Crippen LogP contribution in [0.4, 0.5) is 10.8 Å². The largest absolute Gasteiger partial charge is 0.415 e. The molecule has 7 nitrogen and oxygen atoms in total. The molecule has 28 heavy (non-hydrogen) atoms. The Morgan fingerprint density at radius 2 is 1.89 bits per heavy atom. The van der Waals surface area contributed by atoms with Crippen LogP contribution in [0.5, 0.6) is 0 Å². The summed E-state index contributed by atoms with van der Waals surface area (Å²) in [6.45, 7) is 5.70. The highest BCUT2D eigenvalue weighted by Gasteiger charge is 2.18. The molecule has 1 aromatic carbocycles. The third kappa shape index (κ3) is 3.39. The fourth-order valence-corrected chi connectivity index (χ4v) is 3.93. The van der Waals surface area contributed by atoms with Crippen molar-refractivity contribution in [1.82, 2.24) is 10.2 Å². The van der Waals surface area contributed by atoms with Gasteiger partial charge in [-0.25, -0.2) is 9.78 Å². The maximum atomic E-state index is 12.5. The van der Waals surface area contributed by atoms with Crippen molar-refractivity contribution in [3.8, 4) is 10.6 Å². The number of hydrogen-bond donors (Lipinski definition) is 2. The van der Waals surface area contributed by atoms with Crippen molar-refractivity contribution in [3.63, 3.8) is 0 Å². The molecular weight excluding hydrogens is 376 g/mol. The van der Waals surface area contributed by atoms with Crippen molar-refractivity contribution in [2.24, 2.45) is 0 Å². The van der Waals surface area contributed by atoms with E-state index >= 15 is 0 Å². The molecule has 3 aromatic heterocycles. The Labute approximate surface area is 164 Å². The number of nitrogens with zero attached hydrogens (tertiary/aromatic N) is 2. The SMILES string of the molecule is Cc1cc(C)cc(Nc2nnc(-c3cc4c(CO)c[nH+]c(C)c4oc3=O)s2)c1. The fraction of sp³-hybridized carbons (Fsp3) is 0.200. The zero-order valence-corrected chi connectivity index (χ0v) is 16.5. The van der Waals surface area contributed by atoms with Gasteiger partial charge in [0.05, 0.1) is 17.7 Å². The highest BCUT2D eigenvalue weighted by molar-refractivity contribution is 7.18. The molecule has 0 aliphatic rings. The number of pyridine rings is 1. The summed E-state index contributed by atoms with van der Waals surface area (Å²) >= 11 is 1.27. The van der Waals surface area contributed by atoms with Crippen LogP contribution in [0.3, 0.4) is 0 Å². The molecule has 0 bridgehead atoms. The second-order valence-electron chi connectivity index (χ2n) is 6.70. The van der Waals surface area contributed by atoms with E-state index in [0.29, 0.717) is 37.9 Å². The normalized spacial score (nSPS) is 11.1. The van der Waals surface area contributed by atoms with Gasteiger partial charge in [-0.2, -0.15) is 0 Å². The van der Waals surface area contributed by atoms with Gasteiger partial charge >= 0.3 is 5.63 Å². The van der Waals surface area contributed by atoms with Crippen LogP contribution in [0.15, 0.2) is 39.7 Å². The molecule has 3 heterocycles. The Bertz CT molecular complexity index is 1230. The maximum absolute atomic E-state index is 12.5. The molecule has 0 spiro atoms. The number of aliphatic hydroxyl groups excluding tert-OH is 1. The van der Waals surface area contributed by atoms with Gasteiger partial charge in [-0.3, -0.25) is 0 Å². The monoisotopic (exact) mass is 395 g/mol. The van der Waals surface area contributed by atoms with Crippen molar-refractivity contribution < 1.29 is 14.5 Å². The summed E-state index contributed by atoms with van der Waals surface area (Å²) in [5.41, 5.74) is 4.82. The lowest BCUT2D eigenvalue weighted by molar-refractivity contribution is -0.386. The van der Waals surface area contributed by atoms with Gasteiger partial charge in [-0.1, -0.05) is 17.4 Å². The van der Waals surface area contributed by atoms with Crippen LogP contribution >= 0.6 is 11.3 Å². The Morgan fingerprint density at radius 3 is 2.61 bits per heavy atom. The Morgan fingerprint density at radius 1 is 1.14 bits per heavy atom. The van der Waals surface area contributed by atoms with Gasteiger partial charge in [-0.05, 0) is 43.2 Å². The first-order chi connectivity index (χ1) is 13.4. The Hall–Kier alpha value is -3.10. The first-order valence-electron chi connectivity index (χ1n) is 8.72. The molecule has 3 N–H and O–H groups in total. The number of hydrogen-bond acceptors (Lipinski definition) is 7. The molecule has 0 atom stereocenters. The summed E-state index contributed by atoms with van der Waals surface area (Å²) in [5, 5.41) is 22.8. The van der Waals surface area contributed by atoms with Crippen LogP contribution in [-0.4, -0.2) is 15.3 Å². The Kier molecular flexibility index (Phi) is 4.66. The van der Waals surface area contributed by atoms with Crippen LogP contribution in [0, 0.1) is 20.8 Å². The minimum absolute atomic E-state index is 0.171. The standard InChI is InChI=1S/C20H18N4O3S/c1-10-4-11(2)6-14(5-10)22-20-24-23-18(28-20)16-7-15-13(9-25)8-21-12(3)17(15)27-19(16)26/h4-8,25H,9H2,1-3H3,(H,22,24)/p+1. The number of fused-ring (bicyclic) bond motifs is 1. The summed E-state index contributed by atoms with van der Waals surface area (Å²) < 4.78 is 5.50. The van der Waals surface area contributed by atoms with Crippen LogP contribution in [0.1, 0.15) is 22.4 Å². The lowest BCUT2D eigenvalue weighted by atomic mass is 10.1. The maximum Gasteiger partial charge on any atom is 0.346 e. The topological polar surface area (TPSA) is 102 Å². The molecule has 4 rings (SSSR count). The van der Waals surface area contributed by atoms with E-state index in [-0.39, 0.29) is 6.61 Å². The molecule has 0 radical (unpaired) electrons. The summed E-state index contributed by atoms with van der Waals surface area (Å²) in [4.78, 5) is 15.5. The summed E-state index contributed by atoms with van der Waals surface area (Å²) in [6.07, 6.45) is 1.70. The number of aliphatic hydroxyl groups is 1.